The fourth-order valence-corrected chi connectivity index (χ4v) is 0.888. The molecule has 0 amide bonds. The molecule has 0 aliphatic rings. The quantitative estimate of drug-likeness (QED) is 0.225. The van der Waals surface area contributed by atoms with E-state index in [1.54, 1.807) is 6.21 Å². The van der Waals surface area contributed by atoms with Crippen LogP contribution in [0.15, 0.2) is 10.3 Å². The summed E-state index contributed by atoms with van der Waals surface area (Å²) in [5.41, 5.74) is 0. The Bertz CT molecular complexity index is 179. The van der Waals surface area contributed by atoms with Crippen LogP contribution >= 0.6 is 0 Å². The van der Waals surface area contributed by atoms with E-state index < -0.39 is 0 Å². The van der Waals surface area contributed by atoms with Crippen molar-refractivity contribution < 1.29 is 10.0 Å². The van der Waals surface area contributed by atoms with E-state index >= 15 is 0 Å². The molecule has 4 nitrogen and oxygen atoms in total. The first-order chi connectivity index (χ1) is 6.85. The van der Waals surface area contributed by atoms with Gasteiger partial charge in [-0.2, -0.15) is 0 Å². The Balaban J connectivity index is 3.57. The Hall–Kier alpha value is -1.06. The van der Waals surface area contributed by atoms with Gasteiger partial charge in [-0.1, -0.05) is 37.0 Å². The number of rotatable bonds is 7. The minimum atomic E-state index is 0.291. The Morgan fingerprint density at radius 3 is 2.57 bits per heavy atom. The zero-order chi connectivity index (χ0) is 10.6. The van der Waals surface area contributed by atoms with Crippen molar-refractivity contribution in [3.05, 3.63) is 0 Å². The highest BCUT2D eigenvalue weighted by Crippen LogP contribution is 1.99. The predicted octanol–water partition coefficient (Wildman–Crippen LogP) is 3.16. The largest absolute Gasteiger partial charge is 0.408 e. The monoisotopic (exact) mass is 200 g/mol. The van der Waals surface area contributed by atoms with Gasteiger partial charge in [-0.3, -0.25) is 0 Å². The molecule has 1 N–H and O–H groups in total. The van der Waals surface area contributed by atoms with E-state index in [2.05, 4.69) is 24.2 Å². The van der Waals surface area contributed by atoms with Gasteiger partial charge in [-0.15, -0.1) is 0 Å². The standard InChI is InChI=1S/C10H20N2O2/c1-3-5-7-9-11-14-10(12-13)8-6-4-2/h9,13H,3-8H2,1-2H3. The summed E-state index contributed by atoms with van der Waals surface area (Å²) in [6.07, 6.45) is 7.49. The first kappa shape index (κ1) is 12.9. The van der Waals surface area contributed by atoms with Crippen molar-refractivity contribution in [2.24, 2.45) is 10.3 Å². The molecule has 0 atom stereocenters. The van der Waals surface area contributed by atoms with Gasteiger partial charge in [0.2, 0.25) is 0 Å². The lowest BCUT2D eigenvalue weighted by molar-refractivity contribution is 0.256. The molecule has 0 bridgehead atoms. The van der Waals surface area contributed by atoms with E-state index in [4.69, 9.17) is 10.0 Å². The van der Waals surface area contributed by atoms with E-state index in [-0.39, 0.29) is 0 Å². The SMILES string of the molecule is CCCCC=NOC(CCCC)=NO. The molecule has 0 saturated carbocycles. The van der Waals surface area contributed by atoms with Crippen LogP contribution in [0, 0.1) is 0 Å². The maximum atomic E-state index is 8.54. The number of nitrogens with zero attached hydrogens (tertiary/aromatic N) is 2. The van der Waals surface area contributed by atoms with Crippen molar-refractivity contribution in [3.63, 3.8) is 0 Å². The van der Waals surface area contributed by atoms with Crippen LogP contribution in [0.4, 0.5) is 0 Å². The summed E-state index contributed by atoms with van der Waals surface area (Å²) >= 11 is 0. The lowest BCUT2D eigenvalue weighted by Crippen LogP contribution is -2.00. The first-order valence-corrected chi connectivity index (χ1v) is 5.24. The Kier molecular flexibility index (Phi) is 9.26. The highest BCUT2D eigenvalue weighted by atomic mass is 16.6. The zero-order valence-electron chi connectivity index (χ0n) is 9.07. The van der Waals surface area contributed by atoms with Crippen LogP contribution in [-0.4, -0.2) is 17.3 Å². The third-order valence-electron chi connectivity index (χ3n) is 1.78. The first-order valence-electron chi connectivity index (χ1n) is 5.24. The third kappa shape index (κ3) is 7.58. The summed E-state index contributed by atoms with van der Waals surface area (Å²) in [6, 6.07) is 0. The molecule has 0 aliphatic carbocycles. The van der Waals surface area contributed by atoms with Crippen molar-refractivity contribution in [1.82, 2.24) is 0 Å². The lowest BCUT2D eigenvalue weighted by atomic mass is 10.2. The van der Waals surface area contributed by atoms with Crippen LogP contribution < -0.4 is 0 Å². The zero-order valence-corrected chi connectivity index (χ0v) is 9.07. The number of unbranched alkanes of at least 4 members (excludes halogenated alkanes) is 3. The summed E-state index contributed by atoms with van der Waals surface area (Å²) in [5.74, 6) is 0.291. The second-order valence-electron chi connectivity index (χ2n) is 3.12. The van der Waals surface area contributed by atoms with Crippen LogP contribution in [0.2, 0.25) is 0 Å². The van der Waals surface area contributed by atoms with Crippen molar-refractivity contribution in [2.45, 2.75) is 52.4 Å². The topological polar surface area (TPSA) is 54.2 Å². The molecule has 0 rings (SSSR count). The van der Waals surface area contributed by atoms with Crippen molar-refractivity contribution >= 4 is 12.1 Å². The van der Waals surface area contributed by atoms with Gasteiger partial charge in [0, 0.05) is 12.6 Å². The Morgan fingerprint density at radius 2 is 2.00 bits per heavy atom. The van der Waals surface area contributed by atoms with Crippen LogP contribution in [0.25, 0.3) is 0 Å². The Morgan fingerprint density at radius 1 is 1.29 bits per heavy atom. The van der Waals surface area contributed by atoms with Crippen LogP contribution in [0.5, 0.6) is 0 Å². The summed E-state index contributed by atoms with van der Waals surface area (Å²) in [4.78, 5) is 4.91. The fourth-order valence-electron chi connectivity index (χ4n) is 0.888. The maximum Gasteiger partial charge on any atom is 0.260 e. The molecule has 0 saturated heterocycles. The summed E-state index contributed by atoms with van der Waals surface area (Å²) < 4.78 is 0. The lowest BCUT2D eigenvalue weighted by Gasteiger charge is -1.99. The molecule has 0 aromatic carbocycles. The molecule has 0 aromatic rings. The fraction of sp³-hybridized carbons (Fsp3) is 0.800. The number of oxime groups is 2. The van der Waals surface area contributed by atoms with E-state index in [0.717, 1.165) is 32.1 Å². The van der Waals surface area contributed by atoms with Gasteiger partial charge in [0.15, 0.2) is 0 Å². The molecule has 0 heterocycles. The van der Waals surface area contributed by atoms with E-state index in [0.29, 0.717) is 12.3 Å². The minimum absolute atomic E-state index is 0.291. The molecule has 4 heteroatoms. The van der Waals surface area contributed by atoms with Crippen molar-refractivity contribution in [1.29, 1.82) is 0 Å². The van der Waals surface area contributed by atoms with E-state index in [1.165, 1.54) is 0 Å². The van der Waals surface area contributed by atoms with Gasteiger partial charge < -0.3 is 10.0 Å². The van der Waals surface area contributed by atoms with Gasteiger partial charge >= 0.3 is 0 Å². The third-order valence-corrected chi connectivity index (χ3v) is 1.78. The molecular formula is C10H20N2O2. The highest BCUT2D eigenvalue weighted by molar-refractivity contribution is 5.75. The molecule has 0 aliphatic heterocycles. The molecular weight excluding hydrogens is 180 g/mol. The van der Waals surface area contributed by atoms with Gasteiger partial charge in [0.25, 0.3) is 5.90 Å². The molecule has 0 unspecified atom stereocenters. The summed E-state index contributed by atoms with van der Waals surface area (Å²) in [5, 5.41) is 15.3. The van der Waals surface area contributed by atoms with E-state index in [1.807, 2.05) is 0 Å². The van der Waals surface area contributed by atoms with Crippen LogP contribution in [-0.2, 0) is 4.84 Å². The van der Waals surface area contributed by atoms with Crippen molar-refractivity contribution in [2.75, 3.05) is 0 Å². The molecule has 82 valence electrons. The average Bonchev–Trinajstić information content (AvgIpc) is 2.22. The van der Waals surface area contributed by atoms with Gasteiger partial charge in [0.1, 0.15) is 0 Å². The van der Waals surface area contributed by atoms with Crippen LogP contribution in [0.3, 0.4) is 0 Å². The molecule has 14 heavy (non-hydrogen) atoms. The van der Waals surface area contributed by atoms with Gasteiger partial charge in [-0.25, -0.2) is 0 Å². The van der Waals surface area contributed by atoms with Crippen molar-refractivity contribution in [3.8, 4) is 0 Å². The van der Waals surface area contributed by atoms with E-state index in [9.17, 15) is 0 Å². The average molecular weight is 200 g/mol. The number of hydrogen-bond donors (Lipinski definition) is 1. The molecule has 0 radical (unpaired) electrons. The summed E-state index contributed by atoms with van der Waals surface area (Å²) in [6.45, 7) is 4.19. The maximum absolute atomic E-state index is 8.54. The molecule has 0 spiro atoms. The second-order valence-corrected chi connectivity index (χ2v) is 3.12. The van der Waals surface area contributed by atoms with Gasteiger partial charge in [-0.05, 0) is 19.3 Å². The molecule has 0 fully saturated rings. The normalized spacial score (nSPS) is 12.3. The smallest absolute Gasteiger partial charge is 0.260 e. The molecule has 0 aromatic heterocycles. The number of hydrogen-bond acceptors (Lipinski definition) is 4. The van der Waals surface area contributed by atoms with Crippen LogP contribution in [0.1, 0.15) is 52.4 Å². The Labute approximate surface area is 85.6 Å². The highest BCUT2D eigenvalue weighted by Gasteiger charge is 1.98. The predicted molar refractivity (Wildman–Crippen MR) is 57.8 cm³/mol. The van der Waals surface area contributed by atoms with Gasteiger partial charge in [0.05, 0.1) is 0 Å². The second kappa shape index (κ2) is 10.0. The summed E-state index contributed by atoms with van der Waals surface area (Å²) in [7, 11) is 0. The minimum Gasteiger partial charge on any atom is -0.408 e.